The van der Waals surface area contributed by atoms with Crippen molar-refractivity contribution in [1.29, 1.82) is 0 Å². The van der Waals surface area contributed by atoms with Crippen LogP contribution >= 0.6 is 0 Å². The highest BCUT2D eigenvalue weighted by molar-refractivity contribution is 5.85. The van der Waals surface area contributed by atoms with Gasteiger partial charge in [0.15, 0.2) is 0 Å². The molecule has 1 fully saturated rings. The van der Waals surface area contributed by atoms with Gasteiger partial charge >= 0.3 is 0 Å². The van der Waals surface area contributed by atoms with Crippen LogP contribution in [-0.4, -0.2) is 51.3 Å². The van der Waals surface area contributed by atoms with E-state index in [1.165, 1.54) is 27.6 Å². The Bertz CT molecular complexity index is 1000. The van der Waals surface area contributed by atoms with Crippen LogP contribution < -0.4 is 14.4 Å². The van der Waals surface area contributed by atoms with Crippen LogP contribution in [0.3, 0.4) is 0 Å². The number of fused-ring (bicyclic) bond motifs is 2. The largest absolute Gasteiger partial charge is 0.495 e. The second kappa shape index (κ2) is 7.96. The predicted octanol–water partition coefficient (Wildman–Crippen LogP) is 4.15. The zero-order valence-corrected chi connectivity index (χ0v) is 17.1. The van der Waals surface area contributed by atoms with Crippen LogP contribution in [0.1, 0.15) is 11.1 Å². The summed E-state index contributed by atoms with van der Waals surface area (Å²) in [5.74, 6) is 2.00. The van der Waals surface area contributed by atoms with E-state index in [9.17, 15) is 0 Å². The third-order valence-corrected chi connectivity index (χ3v) is 6.28. The van der Waals surface area contributed by atoms with Crippen LogP contribution in [0.2, 0.25) is 0 Å². The van der Waals surface area contributed by atoms with Crippen molar-refractivity contribution in [1.82, 2.24) is 4.90 Å². The molecular formula is C25H28N2O2. The Morgan fingerprint density at radius 2 is 1.79 bits per heavy atom. The summed E-state index contributed by atoms with van der Waals surface area (Å²) >= 11 is 0. The first-order valence-corrected chi connectivity index (χ1v) is 10.6. The average molecular weight is 389 g/mol. The van der Waals surface area contributed by atoms with E-state index in [0.717, 1.165) is 63.7 Å². The highest BCUT2D eigenvalue weighted by Gasteiger charge is 2.23. The zero-order chi connectivity index (χ0) is 19.6. The molecule has 0 radical (unpaired) electrons. The molecular weight excluding hydrogens is 360 g/mol. The molecule has 2 heterocycles. The third-order valence-electron chi connectivity index (χ3n) is 6.28. The Balaban J connectivity index is 1.23. The second-order valence-electron chi connectivity index (χ2n) is 7.95. The van der Waals surface area contributed by atoms with E-state index in [-0.39, 0.29) is 0 Å². The molecule has 0 bridgehead atoms. The molecule has 3 aromatic carbocycles. The van der Waals surface area contributed by atoms with E-state index < -0.39 is 0 Å². The van der Waals surface area contributed by atoms with E-state index in [0.29, 0.717) is 0 Å². The first kappa shape index (κ1) is 18.3. The molecule has 2 aliphatic heterocycles. The molecule has 4 heteroatoms. The second-order valence-corrected chi connectivity index (χ2v) is 7.95. The minimum atomic E-state index is 0.782. The Morgan fingerprint density at radius 1 is 0.966 bits per heavy atom. The summed E-state index contributed by atoms with van der Waals surface area (Å²) in [7, 11) is 1.77. The lowest BCUT2D eigenvalue weighted by atomic mass is 10.0. The van der Waals surface area contributed by atoms with Gasteiger partial charge in [-0.1, -0.05) is 42.5 Å². The Hall–Kier alpha value is -2.72. The quantitative estimate of drug-likeness (QED) is 0.656. The van der Waals surface area contributed by atoms with Crippen LogP contribution in [0.15, 0.2) is 54.6 Å². The van der Waals surface area contributed by atoms with Crippen molar-refractivity contribution in [3.05, 3.63) is 65.7 Å². The van der Waals surface area contributed by atoms with Crippen LogP contribution in [-0.2, 0) is 12.8 Å². The molecule has 0 saturated carbocycles. The molecule has 2 aliphatic rings. The molecule has 1 saturated heterocycles. The smallest absolute Gasteiger partial charge is 0.142 e. The zero-order valence-electron chi connectivity index (χ0n) is 17.1. The highest BCUT2D eigenvalue weighted by Crippen LogP contribution is 2.38. The number of hydrogen-bond acceptors (Lipinski definition) is 4. The molecule has 0 aromatic heterocycles. The van der Waals surface area contributed by atoms with Crippen molar-refractivity contribution in [3.8, 4) is 11.5 Å². The van der Waals surface area contributed by atoms with Gasteiger partial charge in [0.1, 0.15) is 11.5 Å². The van der Waals surface area contributed by atoms with E-state index in [2.05, 4.69) is 64.4 Å². The molecule has 0 amide bonds. The van der Waals surface area contributed by atoms with Crippen molar-refractivity contribution in [2.45, 2.75) is 12.8 Å². The molecule has 0 N–H and O–H groups in total. The van der Waals surface area contributed by atoms with Gasteiger partial charge in [-0.3, -0.25) is 4.90 Å². The van der Waals surface area contributed by atoms with E-state index in [4.69, 9.17) is 9.47 Å². The molecule has 4 nitrogen and oxygen atoms in total. The van der Waals surface area contributed by atoms with Gasteiger partial charge in [0, 0.05) is 50.8 Å². The molecule has 3 aromatic rings. The maximum Gasteiger partial charge on any atom is 0.142 e. The Morgan fingerprint density at radius 3 is 2.66 bits per heavy atom. The molecule has 150 valence electrons. The lowest BCUT2D eigenvalue weighted by Crippen LogP contribution is -2.47. The molecule has 0 aliphatic carbocycles. The van der Waals surface area contributed by atoms with Gasteiger partial charge in [-0.2, -0.15) is 0 Å². The van der Waals surface area contributed by atoms with Gasteiger partial charge in [-0.25, -0.2) is 0 Å². The fraction of sp³-hybridized carbons (Fsp3) is 0.360. The summed E-state index contributed by atoms with van der Waals surface area (Å²) in [6.45, 7) is 6.07. The molecule has 29 heavy (non-hydrogen) atoms. The van der Waals surface area contributed by atoms with Crippen molar-refractivity contribution < 1.29 is 9.47 Å². The number of rotatable bonds is 5. The number of nitrogens with zero attached hydrogens (tertiary/aromatic N) is 2. The van der Waals surface area contributed by atoms with Gasteiger partial charge in [-0.15, -0.1) is 0 Å². The maximum absolute atomic E-state index is 5.78. The van der Waals surface area contributed by atoms with E-state index in [1.807, 2.05) is 0 Å². The number of ether oxygens (including phenoxy) is 2. The summed E-state index contributed by atoms with van der Waals surface area (Å²) in [5, 5.41) is 2.72. The number of anilines is 1. The molecule has 5 rings (SSSR count). The summed E-state index contributed by atoms with van der Waals surface area (Å²) < 4.78 is 11.5. The average Bonchev–Trinajstić information content (AvgIpc) is 3.24. The molecule has 0 atom stereocenters. The van der Waals surface area contributed by atoms with Gasteiger partial charge < -0.3 is 14.4 Å². The van der Waals surface area contributed by atoms with Crippen molar-refractivity contribution in [3.63, 3.8) is 0 Å². The van der Waals surface area contributed by atoms with Crippen LogP contribution in [0.4, 0.5) is 5.69 Å². The summed E-state index contributed by atoms with van der Waals surface area (Å²) in [6, 6.07) is 19.7. The minimum Gasteiger partial charge on any atom is -0.495 e. The monoisotopic (exact) mass is 388 g/mol. The number of methoxy groups -OCH3 is 1. The van der Waals surface area contributed by atoms with Crippen LogP contribution in [0.25, 0.3) is 10.8 Å². The standard InChI is InChI=1S/C25H28N2O2/c1-28-25-17-21-10-16-29-24(21)18-23(25)27-14-12-26(13-15-27)11-9-20-7-4-6-19-5-2-3-8-22(19)20/h2-8,17-18H,9-16H2,1H3. The Kier molecular flexibility index (Phi) is 5.03. The van der Waals surface area contributed by atoms with Gasteiger partial charge in [0.2, 0.25) is 0 Å². The maximum atomic E-state index is 5.78. The number of hydrogen-bond donors (Lipinski definition) is 0. The summed E-state index contributed by atoms with van der Waals surface area (Å²) in [6.07, 6.45) is 2.07. The highest BCUT2D eigenvalue weighted by atomic mass is 16.5. The number of piperazine rings is 1. The minimum absolute atomic E-state index is 0.782. The Labute approximate surface area is 172 Å². The first-order chi connectivity index (χ1) is 14.3. The summed E-state index contributed by atoms with van der Waals surface area (Å²) in [4.78, 5) is 5.02. The third kappa shape index (κ3) is 3.65. The normalized spacial score (nSPS) is 16.7. The van der Waals surface area contributed by atoms with Gasteiger partial charge in [0.05, 0.1) is 19.4 Å². The summed E-state index contributed by atoms with van der Waals surface area (Å²) in [5.41, 5.74) is 3.88. The van der Waals surface area contributed by atoms with Crippen molar-refractivity contribution in [2.24, 2.45) is 0 Å². The van der Waals surface area contributed by atoms with Crippen LogP contribution in [0.5, 0.6) is 11.5 Å². The fourth-order valence-corrected chi connectivity index (χ4v) is 4.60. The van der Waals surface area contributed by atoms with E-state index in [1.54, 1.807) is 7.11 Å². The van der Waals surface area contributed by atoms with Gasteiger partial charge in [0.25, 0.3) is 0 Å². The van der Waals surface area contributed by atoms with Crippen molar-refractivity contribution >= 4 is 16.5 Å². The topological polar surface area (TPSA) is 24.9 Å². The molecule has 0 unspecified atom stereocenters. The predicted molar refractivity (Wildman–Crippen MR) is 118 cm³/mol. The SMILES string of the molecule is COc1cc2c(cc1N1CCN(CCc3cccc4ccccc34)CC1)OCC2. The lowest BCUT2D eigenvalue weighted by molar-refractivity contribution is 0.260. The molecule has 0 spiro atoms. The van der Waals surface area contributed by atoms with E-state index >= 15 is 0 Å². The van der Waals surface area contributed by atoms with Gasteiger partial charge in [-0.05, 0) is 28.8 Å². The number of benzene rings is 3. The lowest BCUT2D eigenvalue weighted by Gasteiger charge is -2.36. The van der Waals surface area contributed by atoms with Crippen LogP contribution in [0, 0.1) is 0 Å². The first-order valence-electron chi connectivity index (χ1n) is 10.6. The fourth-order valence-electron chi connectivity index (χ4n) is 4.60. The van der Waals surface area contributed by atoms with Crippen molar-refractivity contribution in [2.75, 3.05) is 51.3 Å².